The van der Waals surface area contributed by atoms with Gasteiger partial charge in [0.15, 0.2) is 0 Å². The van der Waals surface area contributed by atoms with E-state index in [9.17, 15) is 9.59 Å². The zero-order valence-electron chi connectivity index (χ0n) is 14.3. The first kappa shape index (κ1) is 18.3. The van der Waals surface area contributed by atoms with E-state index < -0.39 is 5.91 Å². The lowest BCUT2D eigenvalue weighted by Crippen LogP contribution is -2.50. The van der Waals surface area contributed by atoms with Gasteiger partial charge in [-0.1, -0.05) is 11.6 Å². The smallest absolute Gasteiger partial charge is 0.270 e. The number of piperazine rings is 1. The lowest BCUT2D eigenvalue weighted by atomic mass is 10.2. The van der Waals surface area contributed by atoms with Crippen molar-refractivity contribution in [1.82, 2.24) is 25.1 Å². The molecule has 26 heavy (non-hydrogen) atoms. The number of halogens is 1. The van der Waals surface area contributed by atoms with Gasteiger partial charge in [-0.3, -0.25) is 24.5 Å². The maximum Gasteiger partial charge on any atom is 0.270 e. The summed E-state index contributed by atoms with van der Waals surface area (Å²) in [7, 11) is 0. The molecule has 3 heterocycles. The van der Waals surface area contributed by atoms with Gasteiger partial charge in [-0.2, -0.15) is 0 Å². The minimum Gasteiger partial charge on any atom is -0.342 e. The van der Waals surface area contributed by atoms with Crippen LogP contribution in [0, 0.1) is 0 Å². The fourth-order valence-electron chi connectivity index (χ4n) is 2.79. The average molecular weight is 374 g/mol. The quantitative estimate of drug-likeness (QED) is 0.852. The van der Waals surface area contributed by atoms with Gasteiger partial charge in [-0.25, -0.2) is 0 Å². The van der Waals surface area contributed by atoms with E-state index in [-0.39, 0.29) is 18.1 Å². The number of hydrogen-bond acceptors (Lipinski definition) is 5. The summed E-state index contributed by atoms with van der Waals surface area (Å²) in [6.07, 6.45) is 5.03. The SMILES string of the molecule is O=C(NCC(=O)N1CCN(Cc2ccncc2)CC1)c1cc(Cl)ccn1. The molecule has 0 aromatic carbocycles. The maximum absolute atomic E-state index is 12.3. The van der Waals surface area contributed by atoms with E-state index in [0.717, 1.165) is 19.6 Å². The van der Waals surface area contributed by atoms with Crippen LogP contribution in [0.4, 0.5) is 0 Å². The molecule has 2 aromatic heterocycles. The first-order valence-corrected chi connectivity index (χ1v) is 8.78. The van der Waals surface area contributed by atoms with Crippen LogP contribution in [0.5, 0.6) is 0 Å². The molecule has 1 N–H and O–H groups in total. The molecule has 2 amide bonds. The van der Waals surface area contributed by atoms with Crippen molar-refractivity contribution < 1.29 is 9.59 Å². The molecule has 1 aliphatic rings. The highest BCUT2D eigenvalue weighted by Gasteiger charge is 2.21. The topological polar surface area (TPSA) is 78.4 Å². The highest BCUT2D eigenvalue weighted by molar-refractivity contribution is 6.30. The van der Waals surface area contributed by atoms with Crippen LogP contribution >= 0.6 is 11.6 Å². The Morgan fingerprint density at radius 2 is 1.81 bits per heavy atom. The van der Waals surface area contributed by atoms with E-state index in [1.54, 1.807) is 23.4 Å². The van der Waals surface area contributed by atoms with Crippen LogP contribution in [0.1, 0.15) is 16.1 Å². The van der Waals surface area contributed by atoms with E-state index in [4.69, 9.17) is 11.6 Å². The van der Waals surface area contributed by atoms with Gasteiger partial charge in [0.25, 0.3) is 5.91 Å². The Morgan fingerprint density at radius 3 is 2.50 bits per heavy atom. The molecular weight excluding hydrogens is 354 g/mol. The molecule has 0 unspecified atom stereocenters. The molecule has 3 rings (SSSR count). The third-order valence-corrected chi connectivity index (χ3v) is 4.47. The van der Waals surface area contributed by atoms with Crippen molar-refractivity contribution in [3.63, 3.8) is 0 Å². The van der Waals surface area contributed by atoms with Crippen molar-refractivity contribution >= 4 is 23.4 Å². The van der Waals surface area contributed by atoms with Gasteiger partial charge in [0, 0.05) is 56.3 Å². The van der Waals surface area contributed by atoms with E-state index in [2.05, 4.69) is 20.2 Å². The predicted octanol–water partition coefficient (Wildman–Crippen LogP) is 1.20. The predicted molar refractivity (Wildman–Crippen MR) is 97.7 cm³/mol. The fourth-order valence-corrected chi connectivity index (χ4v) is 2.95. The van der Waals surface area contributed by atoms with Crippen LogP contribution in [0.3, 0.4) is 0 Å². The standard InChI is InChI=1S/C18H20ClN5O2/c19-15-3-6-21-16(11-15)18(26)22-12-17(25)24-9-7-23(8-10-24)13-14-1-4-20-5-2-14/h1-6,11H,7-10,12-13H2,(H,22,26). The summed E-state index contributed by atoms with van der Waals surface area (Å²) in [5.74, 6) is -0.499. The first-order chi connectivity index (χ1) is 12.6. The Balaban J connectivity index is 1.43. The van der Waals surface area contributed by atoms with Crippen molar-refractivity contribution in [2.45, 2.75) is 6.54 Å². The third kappa shape index (κ3) is 5.00. The number of nitrogens with zero attached hydrogens (tertiary/aromatic N) is 4. The number of nitrogens with one attached hydrogen (secondary N) is 1. The number of pyridine rings is 2. The number of rotatable bonds is 5. The molecule has 2 aromatic rings. The number of carbonyl (C=O) groups excluding carboxylic acids is 2. The summed E-state index contributed by atoms with van der Waals surface area (Å²) in [4.78, 5) is 36.4. The second-order valence-corrected chi connectivity index (χ2v) is 6.49. The molecule has 7 nitrogen and oxygen atoms in total. The van der Waals surface area contributed by atoms with Crippen LogP contribution in [0.2, 0.25) is 5.02 Å². The van der Waals surface area contributed by atoms with Crippen LogP contribution in [-0.2, 0) is 11.3 Å². The summed E-state index contributed by atoms with van der Waals surface area (Å²) in [5, 5.41) is 3.03. The molecule has 0 radical (unpaired) electrons. The van der Waals surface area contributed by atoms with Gasteiger partial charge < -0.3 is 10.2 Å². The van der Waals surface area contributed by atoms with Gasteiger partial charge >= 0.3 is 0 Å². The highest BCUT2D eigenvalue weighted by atomic mass is 35.5. The van der Waals surface area contributed by atoms with E-state index in [1.165, 1.54) is 17.8 Å². The molecule has 1 aliphatic heterocycles. The lowest BCUT2D eigenvalue weighted by Gasteiger charge is -2.34. The van der Waals surface area contributed by atoms with Gasteiger partial charge in [0.1, 0.15) is 5.69 Å². The Labute approximate surface area is 157 Å². The zero-order valence-corrected chi connectivity index (χ0v) is 15.0. The highest BCUT2D eigenvalue weighted by Crippen LogP contribution is 2.09. The molecular formula is C18H20ClN5O2. The molecule has 0 spiro atoms. The van der Waals surface area contributed by atoms with Gasteiger partial charge in [-0.05, 0) is 29.8 Å². The van der Waals surface area contributed by atoms with E-state index in [1.807, 2.05) is 12.1 Å². The van der Waals surface area contributed by atoms with Gasteiger partial charge in [-0.15, -0.1) is 0 Å². The number of aromatic nitrogens is 2. The minimum absolute atomic E-state index is 0.0443. The summed E-state index contributed by atoms with van der Waals surface area (Å²) in [6, 6.07) is 7.06. The molecule has 136 valence electrons. The van der Waals surface area contributed by atoms with Crippen molar-refractivity contribution in [2.75, 3.05) is 32.7 Å². The van der Waals surface area contributed by atoms with Crippen molar-refractivity contribution in [3.05, 3.63) is 59.1 Å². The first-order valence-electron chi connectivity index (χ1n) is 8.40. The van der Waals surface area contributed by atoms with E-state index >= 15 is 0 Å². The Bertz CT molecular complexity index is 763. The third-order valence-electron chi connectivity index (χ3n) is 4.24. The Hall–Kier alpha value is -2.51. The summed E-state index contributed by atoms with van der Waals surface area (Å²) < 4.78 is 0. The Morgan fingerprint density at radius 1 is 1.08 bits per heavy atom. The minimum atomic E-state index is -0.405. The molecule has 0 aliphatic carbocycles. The molecule has 0 saturated carbocycles. The summed E-state index contributed by atoms with van der Waals surface area (Å²) in [5.41, 5.74) is 1.41. The Kier molecular flexibility index (Phi) is 6.14. The molecule has 0 bridgehead atoms. The van der Waals surface area contributed by atoms with Crippen molar-refractivity contribution in [2.24, 2.45) is 0 Å². The normalized spacial score (nSPS) is 14.9. The number of hydrogen-bond donors (Lipinski definition) is 1. The maximum atomic E-state index is 12.3. The van der Waals surface area contributed by atoms with Crippen LogP contribution < -0.4 is 5.32 Å². The largest absolute Gasteiger partial charge is 0.342 e. The number of amides is 2. The molecule has 1 saturated heterocycles. The van der Waals surface area contributed by atoms with Crippen molar-refractivity contribution in [3.8, 4) is 0 Å². The lowest BCUT2D eigenvalue weighted by molar-refractivity contribution is -0.131. The summed E-state index contributed by atoms with van der Waals surface area (Å²) in [6.45, 7) is 3.71. The zero-order chi connectivity index (χ0) is 18.4. The molecule has 0 atom stereocenters. The second-order valence-electron chi connectivity index (χ2n) is 6.05. The fraction of sp³-hybridized carbons (Fsp3) is 0.333. The second kappa shape index (κ2) is 8.73. The van der Waals surface area contributed by atoms with E-state index in [0.29, 0.717) is 18.1 Å². The van der Waals surface area contributed by atoms with Gasteiger partial charge in [0.2, 0.25) is 5.91 Å². The van der Waals surface area contributed by atoms with Gasteiger partial charge in [0.05, 0.1) is 6.54 Å². The van der Waals surface area contributed by atoms with Crippen molar-refractivity contribution in [1.29, 1.82) is 0 Å². The van der Waals surface area contributed by atoms with Crippen LogP contribution in [0.15, 0.2) is 42.9 Å². The molecule has 8 heteroatoms. The summed E-state index contributed by atoms with van der Waals surface area (Å²) >= 11 is 5.84. The molecule has 1 fully saturated rings. The monoisotopic (exact) mass is 373 g/mol. The van der Waals surface area contributed by atoms with Crippen LogP contribution in [-0.4, -0.2) is 64.3 Å². The number of carbonyl (C=O) groups is 2. The van der Waals surface area contributed by atoms with Crippen LogP contribution in [0.25, 0.3) is 0 Å². The average Bonchev–Trinajstić information content (AvgIpc) is 2.67.